The summed E-state index contributed by atoms with van der Waals surface area (Å²) in [5.74, 6) is 0. The first-order chi connectivity index (χ1) is 21.6. The molecule has 0 aliphatic carbocycles. The first-order valence-electron chi connectivity index (χ1n) is 13.4. The highest BCUT2D eigenvalue weighted by atomic mass is 32.2. The fraction of sp³-hybridized carbons (Fsp3) is 0. The van der Waals surface area contributed by atoms with Crippen LogP contribution in [0, 0.1) is 0 Å². The van der Waals surface area contributed by atoms with E-state index in [1.807, 2.05) is 48.5 Å². The molecule has 0 heterocycles. The van der Waals surface area contributed by atoms with Crippen molar-refractivity contribution < 1.29 is 25.9 Å². The third kappa shape index (κ3) is 6.46. The lowest BCUT2D eigenvalue weighted by molar-refractivity contribution is 0.481. The molecule has 3 N–H and O–H groups in total. The maximum atomic E-state index is 12.4. The zero-order valence-corrected chi connectivity index (χ0v) is 24.8. The molecule has 0 spiro atoms. The standard InChI is InChI=1S/C32H23N5O6S2/c38-44(39,40)23-14-15-24-26(20-23)29(17-16-27(24)35-34-22-10-5-2-6-11-22)37-36-28-18-19-30(33-21-8-3-1-4-9-21)32-25(28)12-7-13-31(32)45(41,42)43/h1-20,33H,(H,38,39,40)(H,41,42,43)/b35-34+,37-36+. The third-order valence-corrected chi connectivity index (χ3v) is 8.59. The molecule has 0 aromatic heterocycles. The van der Waals surface area contributed by atoms with Gasteiger partial charge in [-0.05, 0) is 66.7 Å². The van der Waals surface area contributed by atoms with Crippen LogP contribution >= 0.6 is 0 Å². The quantitative estimate of drug-likeness (QED) is 0.110. The van der Waals surface area contributed by atoms with Crippen molar-refractivity contribution >= 4 is 75.9 Å². The molecule has 0 fully saturated rings. The molecular weight excluding hydrogens is 615 g/mol. The summed E-state index contributed by atoms with van der Waals surface area (Å²) in [6.45, 7) is 0. The molecule has 0 aliphatic heterocycles. The molecule has 0 unspecified atom stereocenters. The minimum Gasteiger partial charge on any atom is -0.355 e. The molecule has 0 radical (unpaired) electrons. The van der Waals surface area contributed by atoms with Gasteiger partial charge >= 0.3 is 0 Å². The van der Waals surface area contributed by atoms with Crippen LogP contribution in [0.4, 0.5) is 34.1 Å². The summed E-state index contributed by atoms with van der Waals surface area (Å²) in [5, 5.41) is 22.0. The van der Waals surface area contributed by atoms with Gasteiger partial charge in [-0.2, -0.15) is 21.9 Å². The average molecular weight is 638 g/mol. The second-order valence-corrected chi connectivity index (χ2v) is 12.6. The third-order valence-electron chi connectivity index (χ3n) is 6.84. The Balaban J connectivity index is 1.49. The summed E-state index contributed by atoms with van der Waals surface area (Å²) < 4.78 is 68.4. The maximum absolute atomic E-state index is 12.4. The van der Waals surface area contributed by atoms with Gasteiger partial charge in [0.25, 0.3) is 20.2 Å². The molecule has 6 rings (SSSR count). The van der Waals surface area contributed by atoms with Gasteiger partial charge in [-0.1, -0.05) is 54.6 Å². The van der Waals surface area contributed by atoms with Crippen LogP contribution in [-0.2, 0) is 20.2 Å². The van der Waals surface area contributed by atoms with E-state index in [4.69, 9.17) is 0 Å². The van der Waals surface area contributed by atoms with E-state index in [0.717, 1.165) is 0 Å². The van der Waals surface area contributed by atoms with E-state index in [0.29, 0.717) is 38.9 Å². The highest BCUT2D eigenvalue weighted by Crippen LogP contribution is 2.40. The Bertz CT molecular complexity index is 2350. The molecule has 0 amide bonds. The first kappa shape index (κ1) is 29.7. The summed E-state index contributed by atoms with van der Waals surface area (Å²) in [7, 11) is -9.16. The van der Waals surface area contributed by atoms with E-state index >= 15 is 0 Å². The number of benzene rings is 6. The summed E-state index contributed by atoms with van der Waals surface area (Å²) in [6.07, 6.45) is 0. The number of para-hydroxylation sites is 1. The van der Waals surface area contributed by atoms with Gasteiger partial charge in [0, 0.05) is 32.9 Å². The lowest BCUT2D eigenvalue weighted by Crippen LogP contribution is -2.01. The van der Waals surface area contributed by atoms with Crippen LogP contribution in [-0.4, -0.2) is 25.9 Å². The number of nitrogens with one attached hydrogen (secondary N) is 1. The van der Waals surface area contributed by atoms with Crippen LogP contribution in [0.5, 0.6) is 0 Å². The molecule has 0 saturated heterocycles. The van der Waals surface area contributed by atoms with Gasteiger partial charge in [-0.15, -0.1) is 15.3 Å². The molecule has 45 heavy (non-hydrogen) atoms. The molecule has 0 aliphatic rings. The molecular formula is C32H23N5O6S2. The Hall–Kier alpha value is -5.34. The Labute approximate surface area is 258 Å². The van der Waals surface area contributed by atoms with Crippen LogP contribution in [0.2, 0.25) is 0 Å². The van der Waals surface area contributed by atoms with E-state index in [2.05, 4.69) is 25.8 Å². The minimum atomic E-state index is -4.62. The smallest absolute Gasteiger partial charge is 0.295 e. The summed E-state index contributed by atoms with van der Waals surface area (Å²) in [6, 6.07) is 33.1. The number of rotatable bonds is 8. The molecule has 0 atom stereocenters. The van der Waals surface area contributed by atoms with E-state index in [1.165, 1.54) is 30.3 Å². The molecule has 0 saturated carbocycles. The van der Waals surface area contributed by atoms with Crippen molar-refractivity contribution in [2.45, 2.75) is 9.79 Å². The van der Waals surface area contributed by atoms with Gasteiger partial charge in [0.1, 0.15) is 4.90 Å². The fourth-order valence-corrected chi connectivity index (χ4v) is 6.02. The largest absolute Gasteiger partial charge is 0.355 e. The highest BCUT2D eigenvalue weighted by Gasteiger charge is 2.19. The van der Waals surface area contributed by atoms with Crippen molar-refractivity contribution in [1.29, 1.82) is 0 Å². The zero-order valence-electron chi connectivity index (χ0n) is 23.2. The molecule has 0 bridgehead atoms. The Morgan fingerprint density at radius 1 is 0.511 bits per heavy atom. The summed E-state index contributed by atoms with van der Waals surface area (Å²) in [5.41, 5.74) is 2.68. The van der Waals surface area contributed by atoms with Crippen LogP contribution in [0.15, 0.2) is 152 Å². The number of nitrogens with zero attached hydrogens (tertiary/aromatic N) is 4. The van der Waals surface area contributed by atoms with Gasteiger partial charge in [-0.3, -0.25) is 9.11 Å². The Morgan fingerprint density at radius 3 is 1.78 bits per heavy atom. The van der Waals surface area contributed by atoms with E-state index in [-0.39, 0.29) is 26.6 Å². The summed E-state index contributed by atoms with van der Waals surface area (Å²) in [4.78, 5) is -0.657. The monoisotopic (exact) mass is 637 g/mol. The van der Waals surface area contributed by atoms with E-state index < -0.39 is 20.2 Å². The van der Waals surface area contributed by atoms with Gasteiger partial charge in [0.05, 0.1) is 27.6 Å². The molecule has 224 valence electrons. The average Bonchev–Trinajstić information content (AvgIpc) is 3.03. The van der Waals surface area contributed by atoms with Crippen molar-refractivity contribution in [3.05, 3.63) is 121 Å². The highest BCUT2D eigenvalue weighted by molar-refractivity contribution is 7.86. The lowest BCUT2D eigenvalue weighted by atomic mass is 10.1. The maximum Gasteiger partial charge on any atom is 0.295 e. The second-order valence-electron chi connectivity index (χ2n) is 9.80. The van der Waals surface area contributed by atoms with Crippen molar-refractivity contribution in [3.63, 3.8) is 0 Å². The first-order valence-corrected chi connectivity index (χ1v) is 16.2. The molecule has 6 aromatic carbocycles. The SMILES string of the molecule is O=S(=O)(O)c1ccc2c(/N=N/c3ccccc3)ccc(/N=N/c3ccc(Nc4ccccc4)c4c(S(=O)(=O)O)cccc34)c2c1. The van der Waals surface area contributed by atoms with Gasteiger partial charge < -0.3 is 5.32 Å². The number of fused-ring (bicyclic) bond motifs is 2. The van der Waals surface area contributed by atoms with Crippen molar-refractivity contribution in [1.82, 2.24) is 0 Å². The molecule has 13 heteroatoms. The number of anilines is 2. The topological polar surface area (TPSA) is 170 Å². The van der Waals surface area contributed by atoms with Crippen LogP contribution in [0.25, 0.3) is 21.5 Å². The number of azo groups is 2. The Kier molecular flexibility index (Phi) is 7.91. The van der Waals surface area contributed by atoms with E-state index in [9.17, 15) is 25.9 Å². The van der Waals surface area contributed by atoms with E-state index in [1.54, 1.807) is 42.5 Å². The number of hydrogen-bond donors (Lipinski definition) is 3. The molecule has 11 nitrogen and oxygen atoms in total. The van der Waals surface area contributed by atoms with Crippen LogP contribution < -0.4 is 5.32 Å². The van der Waals surface area contributed by atoms with Gasteiger partial charge in [0.2, 0.25) is 0 Å². The zero-order chi connectivity index (χ0) is 31.6. The fourth-order valence-electron chi connectivity index (χ4n) is 4.79. The number of hydrogen-bond acceptors (Lipinski definition) is 9. The normalized spacial score (nSPS) is 12.4. The minimum absolute atomic E-state index is 0.204. The summed E-state index contributed by atoms with van der Waals surface area (Å²) >= 11 is 0. The Morgan fingerprint density at radius 2 is 1.11 bits per heavy atom. The van der Waals surface area contributed by atoms with Gasteiger partial charge in [-0.25, -0.2) is 0 Å². The van der Waals surface area contributed by atoms with Crippen molar-refractivity contribution in [2.24, 2.45) is 20.5 Å². The predicted octanol–water partition coefficient (Wildman–Crippen LogP) is 9.06. The van der Waals surface area contributed by atoms with Crippen LogP contribution in [0.1, 0.15) is 0 Å². The van der Waals surface area contributed by atoms with Crippen molar-refractivity contribution in [3.8, 4) is 0 Å². The predicted molar refractivity (Wildman–Crippen MR) is 172 cm³/mol. The van der Waals surface area contributed by atoms with Crippen molar-refractivity contribution in [2.75, 3.05) is 5.32 Å². The second kappa shape index (κ2) is 12.0. The lowest BCUT2D eigenvalue weighted by Gasteiger charge is -2.14. The molecule has 6 aromatic rings. The van der Waals surface area contributed by atoms with Crippen LogP contribution in [0.3, 0.4) is 0 Å². The van der Waals surface area contributed by atoms with Gasteiger partial charge in [0.15, 0.2) is 0 Å².